The standard InChI is InChI=1S/C21H26N4O2S/c26-20(24-15-17-5-4-14-27-17)16-8-12-25(13-9-16)19-21(23-11-10-22-19)28-18-6-2-1-3-7-18/h1-3,6-7,10-11,16-17H,4-5,8-9,12-15H2,(H,24,26)/t17-/m1/s1. The summed E-state index contributed by atoms with van der Waals surface area (Å²) < 4.78 is 5.59. The molecule has 0 radical (unpaired) electrons. The first-order valence-corrected chi connectivity index (χ1v) is 10.8. The van der Waals surface area contributed by atoms with Gasteiger partial charge in [0.25, 0.3) is 0 Å². The Balaban J connectivity index is 1.33. The topological polar surface area (TPSA) is 67.3 Å². The van der Waals surface area contributed by atoms with Gasteiger partial charge in [-0.15, -0.1) is 0 Å². The molecule has 1 N–H and O–H groups in total. The van der Waals surface area contributed by atoms with Crippen LogP contribution in [0.4, 0.5) is 5.82 Å². The third kappa shape index (κ3) is 4.83. The number of amides is 1. The number of hydrogen-bond acceptors (Lipinski definition) is 6. The molecule has 28 heavy (non-hydrogen) atoms. The molecule has 7 heteroatoms. The number of benzene rings is 1. The van der Waals surface area contributed by atoms with E-state index in [4.69, 9.17) is 4.74 Å². The highest BCUT2D eigenvalue weighted by Crippen LogP contribution is 2.33. The molecule has 1 atom stereocenters. The van der Waals surface area contributed by atoms with Gasteiger partial charge >= 0.3 is 0 Å². The van der Waals surface area contributed by atoms with Gasteiger partial charge in [-0.2, -0.15) is 0 Å². The van der Waals surface area contributed by atoms with Crippen molar-refractivity contribution in [2.75, 3.05) is 31.1 Å². The molecule has 2 aromatic rings. The molecule has 6 nitrogen and oxygen atoms in total. The van der Waals surface area contributed by atoms with Gasteiger partial charge < -0.3 is 15.0 Å². The number of ether oxygens (including phenoxy) is 1. The fourth-order valence-corrected chi connectivity index (χ4v) is 4.63. The zero-order valence-electron chi connectivity index (χ0n) is 15.9. The lowest BCUT2D eigenvalue weighted by molar-refractivity contribution is -0.126. The summed E-state index contributed by atoms with van der Waals surface area (Å²) in [5.41, 5.74) is 0. The fraction of sp³-hybridized carbons (Fsp3) is 0.476. The van der Waals surface area contributed by atoms with E-state index in [1.54, 1.807) is 24.2 Å². The SMILES string of the molecule is O=C(NC[C@H]1CCCO1)C1CCN(c2nccnc2Sc2ccccc2)CC1. The molecule has 2 aliphatic heterocycles. The van der Waals surface area contributed by atoms with Gasteiger partial charge in [0.05, 0.1) is 6.10 Å². The van der Waals surface area contributed by atoms with Gasteiger partial charge in [0.1, 0.15) is 5.03 Å². The van der Waals surface area contributed by atoms with Crippen molar-refractivity contribution in [3.8, 4) is 0 Å². The maximum Gasteiger partial charge on any atom is 0.223 e. The molecule has 2 aliphatic rings. The molecule has 1 aromatic carbocycles. The fourth-order valence-electron chi connectivity index (χ4n) is 3.72. The van der Waals surface area contributed by atoms with Crippen LogP contribution in [0.1, 0.15) is 25.7 Å². The van der Waals surface area contributed by atoms with Crippen molar-refractivity contribution in [1.29, 1.82) is 0 Å². The van der Waals surface area contributed by atoms with E-state index in [0.717, 1.165) is 61.1 Å². The zero-order chi connectivity index (χ0) is 19.2. The Hall–Kier alpha value is -2.12. The number of carbonyl (C=O) groups excluding carboxylic acids is 1. The summed E-state index contributed by atoms with van der Waals surface area (Å²) in [4.78, 5) is 25.0. The molecule has 2 fully saturated rings. The first-order chi connectivity index (χ1) is 13.8. The molecule has 2 saturated heterocycles. The van der Waals surface area contributed by atoms with Crippen molar-refractivity contribution in [3.63, 3.8) is 0 Å². The van der Waals surface area contributed by atoms with Gasteiger partial charge in [-0.25, -0.2) is 9.97 Å². The van der Waals surface area contributed by atoms with Crippen LogP contribution in [0.25, 0.3) is 0 Å². The molecule has 1 aromatic heterocycles. The first-order valence-electron chi connectivity index (χ1n) is 9.98. The van der Waals surface area contributed by atoms with Crippen molar-refractivity contribution >= 4 is 23.5 Å². The van der Waals surface area contributed by atoms with Crippen LogP contribution in [0.5, 0.6) is 0 Å². The summed E-state index contributed by atoms with van der Waals surface area (Å²) in [5.74, 6) is 1.14. The third-order valence-electron chi connectivity index (χ3n) is 5.30. The minimum absolute atomic E-state index is 0.0690. The van der Waals surface area contributed by atoms with Gasteiger partial charge in [0.2, 0.25) is 5.91 Å². The molecule has 148 valence electrons. The molecular weight excluding hydrogens is 372 g/mol. The number of aromatic nitrogens is 2. The summed E-state index contributed by atoms with van der Waals surface area (Å²) in [6.45, 7) is 3.10. The Labute approximate surface area is 170 Å². The van der Waals surface area contributed by atoms with Crippen LogP contribution in [0, 0.1) is 5.92 Å². The number of hydrogen-bond donors (Lipinski definition) is 1. The average Bonchev–Trinajstić information content (AvgIpc) is 3.27. The van der Waals surface area contributed by atoms with Gasteiger partial charge in [0, 0.05) is 49.4 Å². The lowest BCUT2D eigenvalue weighted by Crippen LogP contribution is -2.42. The van der Waals surface area contributed by atoms with Crippen LogP contribution in [0.2, 0.25) is 0 Å². The molecule has 0 aliphatic carbocycles. The summed E-state index contributed by atoms with van der Waals surface area (Å²) in [6.07, 6.45) is 7.49. The quantitative estimate of drug-likeness (QED) is 0.806. The number of rotatable bonds is 6. The Bertz CT molecular complexity index is 775. The molecule has 0 unspecified atom stereocenters. The number of anilines is 1. The summed E-state index contributed by atoms with van der Waals surface area (Å²) in [7, 11) is 0. The van der Waals surface area contributed by atoms with Crippen LogP contribution in [0.3, 0.4) is 0 Å². The predicted molar refractivity (Wildman–Crippen MR) is 110 cm³/mol. The Morgan fingerprint density at radius 1 is 1.14 bits per heavy atom. The van der Waals surface area contributed by atoms with Crippen LogP contribution in [0.15, 0.2) is 52.6 Å². The monoisotopic (exact) mass is 398 g/mol. The largest absolute Gasteiger partial charge is 0.376 e. The second kappa shape index (κ2) is 9.39. The highest BCUT2D eigenvalue weighted by Gasteiger charge is 2.27. The maximum atomic E-state index is 12.5. The predicted octanol–water partition coefficient (Wildman–Crippen LogP) is 3.14. The lowest BCUT2D eigenvalue weighted by Gasteiger charge is -2.32. The molecule has 4 rings (SSSR count). The molecule has 0 bridgehead atoms. The number of carbonyl (C=O) groups is 1. The minimum Gasteiger partial charge on any atom is -0.376 e. The second-order valence-corrected chi connectivity index (χ2v) is 8.30. The van der Waals surface area contributed by atoms with Crippen LogP contribution in [-0.4, -0.2) is 48.2 Å². The Kier molecular flexibility index (Phi) is 6.44. The molecule has 3 heterocycles. The number of nitrogens with one attached hydrogen (secondary N) is 1. The Morgan fingerprint density at radius 2 is 1.93 bits per heavy atom. The average molecular weight is 399 g/mol. The number of nitrogens with zero attached hydrogens (tertiary/aromatic N) is 3. The van der Waals surface area contributed by atoms with Gasteiger partial charge in [-0.05, 0) is 37.8 Å². The molecule has 1 amide bonds. The highest BCUT2D eigenvalue weighted by molar-refractivity contribution is 7.99. The Morgan fingerprint density at radius 3 is 2.68 bits per heavy atom. The maximum absolute atomic E-state index is 12.5. The minimum atomic E-state index is 0.0690. The smallest absolute Gasteiger partial charge is 0.223 e. The van der Waals surface area contributed by atoms with E-state index in [2.05, 4.69) is 32.3 Å². The van der Waals surface area contributed by atoms with Gasteiger partial charge in [-0.1, -0.05) is 30.0 Å². The van der Waals surface area contributed by atoms with Crippen LogP contribution < -0.4 is 10.2 Å². The molecule has 0 saturated carbocycles. The van der Waals surface area contributed by atoms with Crippen molar-refractivity contribution in [2.45, 2.75) is 41.7 Å². The lowest BCUT2D eigenvalue weighted by atomic mass is 9.96. The summed E-state index contributed by atoms with van der Waals surface area (Å²) >= 11 is 1.63. The van der Waals surface area contributed by atoms with Crippen LogP contribution in [-0.2, 0) is 9.53 Å². The van der Waals surface area contributed by atoms with E-state index in [0.29, 0.717) is 6.54 Å². The van der Waals surface area contributed by atoms with Gasteiger partial charge in [0.15, 0.2) is 5.82 Å². The van der Waals surface area contributed by atoms with Gasteiger partial charge in [-0.3, -0.25) is 4.79 Å². The van der Waals surface area contributed by atoms with Crippen molar-refractivity contribution in [1.82, 2.24) is 15.3 Å². The highest BCUT2D eigenvalue weighted by atomic mass is 32.2. The van der Waals surface area contributed by atoms with E-state index in [9.17, 15) is 4.79 Å². The van der Waals surface area contributed by atoms with Crippen molar-refractivity contribution in [2.24, 2.45) is 5.92 Å². The van der Waals surface area contributed by atoms with Crippen LogP contribution >= 0.6 is 11.8 Å². The summed E-state index contributed by atoms with van der Waals surface area (Å²) in [5, 5.41) is 3.99. The number of piperidine rings is 1. The normalized spacial score (nSPS) is 20.3. The van der Waals surface area contributed by atoms with E-state index in [1.165, 1.54) is 0 Å². The van der Waals surface area contributed by atoms with Crippen molar-refractivity contribution in [3.05, 3.63) is 42.7 Å². The first kappa shape index (κ1) is 19.2. The molecule has 0 spiro atoms. The van der Waals surface area contributed by atoms with Crippen molar-refractivity contribution < 1.29 is 9.53 Å². The van der Waals surface area contributed by atoms with E-state index in [1.807, 2.05) is 18.2 Å². The summed E-state index contributed by atoms with van der Waals surface area (Å²) in [6, 6.07) is 10.2. The third-order valence-corrected chi connectivity index (χ3v) is 6.29. The second-order valence-electron chi connectivity index (χ2n) is 7.24. The zero-order valence-corrected chi connectivity index (χ0v) is 16.7. The van der Waals surface area contributed by atoms with E-state index in [-0.39, 0.29) is 17.9 Å². The van der Waals surface area contributed by atoms with E-state index < -0.39 is 0 Å². The molecular formula is C21H26N4O2S. The van der Waals surface area contributed by atoms with E-state index >= 15 is 0 Å².